The van der Waals surface area contributed by atoms with Crippen molar-refractivity contribution in [1.29, 1.82) is 0 Å². The largest absolute Gasteiger partial charge is 0.497 e. The number of fused-ring (bicyclic) bond motifs is 1. The molecule has 0 fully saturated rings. The van der Waals surface area contributed by atoms with Gasteiger partial charge in [-0.15, -0.1) is 0 Å². The van der Waals surface area contributed by atoms with E-state index in [4.69, 9.17) is 9.47 Å². The second-order valence-corrected chi connectivity index (χ2v) is 6.85. The SMILES string of the molecule is CCCNC(=O)c1cc(C(=O)NC)c2c(c1)[C@H](c1cccc(OC)c1)C(C)O2. The van der Waals surface area contributed by atoms with Gasteiger partial charge in [-0.1, -0.05) is 19.1 Å². The number of rotatable bonds is 6. The predicted molar refractivity (Wildman–Crippen MR) is 107 cm³/mol. The summed E-state index contributed by atoms with van der Waals surface area (Å²) in [7, 11) is 3.19. The summed E-state index contributed by atoms with van der Waals surface area (Å²) in [5, 5.41) is 5.51. The second kappa shape index (κ2) is 8.33. The number of hydrogen-bond donors (Lipinski definition) is 2. The Bertz CT molecular complexity index is 894. The number of hydrogen-bond acceptors (Lipinski definition) is 4. The Kier molecular flexibility index (Phi) is 5.87. The van der Waals surface area contributed by atoms with Crippen molar-refractivity contribution in [2.45, 2.75) is 32.3 Å². The summed E-state index contributed by atoms with van der Waals surface area (Å²) in [6.07, 6.45) is 0.658. The summed E-state index contributed by atoms with van der Waals surface area (Å²) in [6.45, 7) is 4.54. The molecule has 3 rings (SSSR count). The Morgan fingerprint density at radius 2 is 1.96 bits per heavy atom. The van der Waals surface area contributed by atoms with E-state index in [0.717, 1.165) is 23.3 Å². The van der Waals surface area contributed by atoms with Crippen LogP contribution in [0.4, 0.5) is 0 Å². The minimum absolute atomic E-state index is 0.104. The van der Waals surface area contributed by atoms with Gasteiger partial charge in [0.2, 0.25) is 0 Å². The van der Waals surface area contributed by atoms with Crippen LogP contribution in [-0.4, -0.2) is 38.6 Å². The lowest BCUT2D eigenvalue weighted by Gasteiger charge is -2.16. The highest BCUT2D eigenvalue weighted by atomic mass is 16.5. The van der Waals surface area contributed by atoms with Gasteiger partial charge >= 0.3 is 0 Å². The molecule has 28 heavy (non-hydrogen) atoms. The van der Waals surface area contributed by atoms with Crippen LogP contribution >= 0.6 is 0 Å². The maximum atomic E-state index is 12.6. The van der Waals surface area contributed by atoms with Gasteiger partial charge in [0.25, 0.3) is 11.8 Å². The topological polar surface area (TPSA) is 76.7 Å². The monoisotopic (exact) mass is 382 g/mol. The van der Waals surface area contributed by atoms with E-state index in [0.29, 0.717) is 23.4 Å². The summed E-state index contributed by atoms with van der Waals surface area (Å²) in [5.74, 6) is 0.708. The van der Waals surface area contributed by atoms with Crippen molar-refractivity contribution in [1.82, 2.24) is 10.6 Å². The third kappa shape index (κ3) is 3.67. The normalized spacial score (nSPS) is 17.4. The molecule has 0 saturated carbocycles. The van der Waals surface area contributed by atoms with Crippen LogP contribution in [0.25, 0.3) is 0 Å². The zero-order valence-electron chi connectivity index (χ0n) is 16.7. The average Bonchev–Trinajstić information content (AvgIpc) is 3.06. The highest BCUT2D eigenvalue weighted by molar-refractivity contribution is 6.02. The number of amides is 2. The van der Waals surface area contributed by atoms with Crippen molar-refractivity contribution in [2.24, 2.45) is 0 Å². The van der Waals surface area contributed by atoms with E-state index < -0.39 is 0 Å². The van der Waals surface area contributed by atoms with Gasteiger partial charge in [-0.25, -0.2) is 0 Å². The summed E-state index contributed by atoms with van der Waals surface area (Å²) >= 11 is 0. The molecule has 0 bridgehead atoms. The lowest BCUT2D eigenvalue weighted by Crippen LogP contribution is -2.25. The van der Waals surface area contributed by atoms with Gasteiger partial charge < -0.3 is 20.1 Å². The van der Waals surface area contributed by atoms with Gasteiger partial charge in [0.05, 0.1) is 12.7 Å². The Hall–Kier alpha value is -3.02. The Morgan fingerprint density at radius 1 is 1.18 bits per heavy atom. The lowest BCUT2D eigenvalue weighted by atomic mass is 9.86. The van der Waals surface area contributed by atoms with Gasteiger partial charge in [0.1, 0.15) is 17.6 Å². The van der Waals surface area contributed by atoms with E-state index in [2.05, 4.69) is 10.6 Å². The molecule has 2 N–H and O–H groups in total. The quantitative estimate of drug-likeness (QED) is 0.805. The van der Waals surface area contributed by atoms with E-state index >= 15 is 0 Å². The van der Waals surface area contributed by atoms with Crippen molar-refractivity contribution in [3.63, 3.8) is 0 Å². The van der Waals surface area contributed by atoms with E-state index in [9.17, 15) is 9.59 Å². The van der Waals surface area contributed by atoms with Crippen molar-refractivity contribution < 1.29 is 19.1 Å². The van der Waals surface area contributed by atoms with Crippen molar-refractivity contribution >= 4 is 11.8 Å². The number of benzene rings is 2. The van der Waals surface area contributed by atoms with Crippen molar-refractivity contribution in [2.75, 3.05) is 20.7 Å². The smallest absolute Gasteiger partial charge is 0.254 e. The molecule has 148 valence electrons. The zero-order chi connectivity index (χ0) is 20.3. The molecule has 0 aliphatic carbocycles. The Balaban J connectivity index is 2.12. The third-order valence-electron chi connectivity index (χ3n) is 4.95. The Morgan fingerprint density at radius 3 is 2.64 bits per heavy atom. The molecule has 1 aliphatic rings. The molecule has 0 radical (unpaired) electrons. The fourth-order valence-corrected chi connectivity index (χ4v) is 3.58. The van der Waals surface area contributed by atoms with Crippen LogP contribution in [0.3, 0.4) is 0 Å². The Labute approximate surface area is 165 Å². The molecule has 2 atom stereocenters. The molecule has 2 aromatic carbocycles. The average molecular weight is 382 g/mol. The number of carbonyl (C=O) groups excluding carboxylic acids is 2. The molecule has 0 spiro atoms. The number of nitrogens with one attached hydrogen (secondary N) is 2. The van der Waals surface area contributed by atoms with Crippen LogP contribution in [-0.2, 0) is 0 Å². The van der Waals surface area contributed by atoms with Gasteiger partial charge in [-0.3, -0.25) is 9.59 Å². The molecule has 1 aliphatic heterocycles. The molecule has 2 amide bonds. The molecule has 0 saturated heterocycles. The maximum Gasteiger partial charge on any atom is 0.254 e. The standard InChI is InChI=1S/C22H26N2O4/c1-5-9-24-21(25)15-11-17-19(14-7-6-8-16(10-14)27-4)13(2)28-20(17)18(12-15)22(26)23-3/h6-8,10-13,19H,5,9H2,1-4H3,(H,23,26)(H,24,25)/t13?,19-/m0/s1. The first-order valence-corrected chi connectivity index (χ1v) is 9.49. The third-order valence-corrected chi connectivity index (χ3v) is 4.95. The van der Waals surface area contributed by atoms with Crippen LogP contribution in [0.15, 0.2) is 36.4 Å². The molecular weight excluding hydrogens is 356 g/mol. The van der Waals surface area contributed by atoms with E-state index in [1.54, 1.807) is 20.2 Å². The van der Waals surface area contributed by atoms with E-state index in [-0.39, 0.29) is 23.8 Å². The van der Waals surface area contributed by atoms with Gasteiger partial charge in [-0.2, -0.15) is 0 Å². The molecule has 6 nitrogen and oxygen atoms in total. The number of ether oxygens (including phenoxy) is 2. The first-order valence-electron chi connectivity index (χ1n) is 9.49. The molecule has 1 heterocycles. The fraction of sp³-hybridized carbons (Fsp3) is 0.364. The molecule has 1 unspecified atom stereocenters. The van der Waals surface area contributed by atoms with Crippen LogP contribution in [0.2, 0.25) is 0 Å². The minimum atomic E-state index is -0.278. The molecule has 6 heteroatoms. The highest BCUT2D eigenvalue weighted by Crippen LogP contribution is 2.45. The summed E-state index contributed by atoms with van der Waals surface area (Å²) in [5.41, 5.74) is 2.68. The first kappa shape index (κ1) is 19.7. The van der Waals surface area contributed by atoms with Gasteiger partial charge in [-0.05, 0) is 43.2 Å². The lowest BCUT2D eigenvalue weighted by molar-refractivity contribution is 0.0953. The molecule has 0 aromatic heterocycles. The van der Waals surface area contributed by atoms with Crippen LogP contribution in [0.5, 0.6) is 11.5 Å². The first-order chi connectivity index (χ1) is 13.5. The van der Waals surface area contributed by atoms with Crippen LogP contribution in [0, 0.1) is 0 Å². The highest BCUT2D eigenvalue weighted by Gasteiger charge is 2.36. The maximum absolute atomic E-state index is 12.6. The number of carbonyl (C=O) groups is 2. The van der Waals surface area contributed by atoms with E-state index in [1.807, 2.05) is 44.2 Å². The van der Waals surface area contributed by atoms with Crippen LogP contribution < -0.4 is 20.1 Å². The van der Waals surface area contributed by atoms with Crippen LogP contribution in [0.1, 0.15) is 58.0 Å². The van der Waals surface area contributed by atoms with E-state index in [1.165, 1.54) is 0 Å². The summed E-state index contributed by atoms with van der Waals surface area (Å²) in [6, 6.07) is 11.2. The van der Waals surface area contributed by atoms with Crippen molar-refractivity contribution in [3.8, 4) is 11.5 Å². The minimum Gasteiger partial charge on any atom is -0.497 e. The molecule has 2 aromatic rings. The second-order valence-electron chi connectivity index (χ2n) is 6.85. The summed E-state index contributed by atoms with van der Waals surface area (Å²) < 4.78 is 11.4. The predicted octanol–water partition coefficient (Wildman–Crippen LogP) is 3.11. The fourth-order valence-electron chi connectivity index (χ4n) is 3.58. The number of methoxy groups -OCH3 is 1. The van der Waals surface area contributed by atoms with Crippen molar-refractivity contribution in [3.05, 3.63) is 58.7 Å². The summed E-state index contributed by atoms with van der Waals surface area (Å²) in [4.78, 5) is 25.1. The zero-order valence-corrected chi connectivity index (χ0v) is 16.7. The van der Waals surface area contributed by atoms with Gasteiger partial charge in [0, 0.05) is 30.6 Å². The molecular formula is C22H26N2O4. The van der Waals surface area contributed by atoms with Gasteiger partial charge in [0.15, 0.2) is 0 Å².